The van der Waals surface area contributed by atoms with Crippen LogP contribution < -0.4 is 4.90 Å². The summed E-state index contributed by atoms with van der Waals surface area (Å²) in [6.07, 6.45) is 0. The highest BCUT2D eigenvalue weighted by Gasteiger charge is 2.16. The molecule has 0 aliphatic carbocycles. The van der Waals surface area contributed by atoms with Crippen LogP contribution in [0.5, 0.6) is 0 Å². The largest absolute Gasteiger partial charge is 0.771 e. The Morgan fingerprint density at radius 2 is 1.76 bits per heavy atom. The second kappa shape index (κ2) is 5.57. The van der Waals surface area contributed by atoms with Crippen LogP contribution in [0.3, 0.4) is 0 Å². The number of piperazine rings is 1. The second-order valence-corrected chi connectivity index (χ2v) is 4.88. The van der Waals surface area contributed by atoms with Gasteiger partial charge in [0, 0.05) is 31.9 Å². The average Bonchev–Trinajstić information content (AvgIpc) is 2.30. The first-order valence-corrected chi connectivity index (χ1v) is 6.68. The van der Waals surface area contributed by atoms with Crippen molar-refractivity contribution >= 4 is 16.8 Å². The van der Waals surface area contributed by atoms with Gasteiger partial charge in [-0.05, 0) is 35.3 Å². The standard InChI is InChI=1S/C11H15FN2O2S/c12-10-1-3-11(4-2-10)14-7-5-13(6-8-14)9-17(15)16/h1-4H,5-9H2,(H,15,16)/p-1. The molecule has 4 nitrogen and oxygen atoms in total. The minimum absolute atomic E-state index is 0.0945. The van der Waals surface area contributed by atoms with Crippen molar-refractivity contribution < 1.29 is 13.2 Å². The molecule has 1 saturated heterocycles. The predicted molar refractivity (Wildman–Crippen MR) is 64.0 cm³/mol. The van der Waals surface area contributed by atoms with Gasteiger partial charge in [-0.3, -0.25) is 9.11 Å². The number of hydrogen-bond acceptors (Lipinski definition) is 4. The molecule has 1 unspecified atom stereocenters. The third kappa shape index (κ3) is 3.49. The van der Waals surface area contributed by atoms with Crippen molar-refractivity contribution in [3.05, 3.63) is 30.1 Å². The molecule has 1 fully saturated rings. The summed E-state index contributed by atoms with van der Waals surface area (Å²) in [5, 5.41) is 0. The van der Waals surface area contributed by atoms with Crippen LogP contribution in [0, 0.1) is 5.82 Å². The molecule has 0 N–H and O–H groups in total. The molecule has 94 valence electrons. The first kappa shape index (κ1) is 12.5. The van der Waals surface area contributed by atoms with Crippen LogP contribution >= 0.6 is 0 Å². The maximum absolute atomic E-state index is 12.8. The van der Waals surface area contributed by atoms with Gasteiger partial charge in [0.05, 0.1) is 5.88 Å². The molecule has 0 spiro atoms. The quantitative estimate of drug-likeness (QED) is 0.751. The number of rotatable bonds is 3. The molecule has 1 aromatic rings. The molecule has 0 radical (unpaired) electrons. The molecule has 1 heterocycles. The topological polar surface area (TPSA) is 46.6 Å². The zero-order chi connectivity index (χ0) is 12.3. The summed E-state index contributed by atoms with van der Waals surface area (Å²) in [4.78, 5) is 4.02. The summed E-state index contributed by atoms with van der Waals surface area (Å²) < 4.78 is 33.9. The van der Waals surface area contributed by atoms with Gasteiger partial charge in [-0.2, -0.15) is 0 Å². The lowest BCUT2D eigenvalue weighted by Gasteiger charge is -2.36. The van der Waals surface area contributed by atoms with Crippen LogP contribution in [0.15, 0.2) is 24.3 Å². The summed E-state index contributed by atoms with van der Waals surface area (Å²) >= 11 is -2.01. The van der Waals surface area contributed by atoms with E-state index in [0.717, 1.165) is 18.8 Å². The van der Waals surface area contributed by atoms with E-state index in [0.29, 0.717) is 13.1 Å². The van der Waals surface area contributed by atoms with Crippen molar-refractivity contribution in [2.24, 2.45) is 0 Å². The first-order chi connectivity index (χ1) is 8.15. The molecule has 1 atom stereocenters. The third-order valence-electron chi connectivity index (χ3n) is 2.85. The lowest BCUT2D eigenvalue weighted by molar-refractivity contribution is 0.291. The van der Waals surface area contributed by atoms with Crippen molar-refractivity contribution in [2.45, 2.75) is 0 Å². The molecule has 1 aromatic carbocycles. The highest BCUT2D eigenvalue weighted by atomic mass is 32.2. The van der Waals surface area contributed by atoms with E-state index >= 15 is 0 Å². The number of anilines is 1. The van der Waals surface area contributed by atoms with E-state index in [1.54, 1.807) is 12.1 Å². The molecule has 1 aliphatic rings. The van der Waals surface area contributed by atoms with Crippen molar-refractivity contribution in [1.29, 1.82) is 0 Å². The molecule has 2 rings (SSSR count). The fraction of sp³-hybridized carbons (Fsp3) is 0.455. The van der Waals surface area contributed by atoms with Gasteiger partial charge in [0.2, 0.25) is 0 Å². The number of hydrogen-bond donors (Lipinski definition) is 0. The van der Waals surface area contributed by atoms with Crippen LogP contribution in [-0.2, 0) is 11.1 Å². The molecule has 6 heteroatoms. The minimum atomic E-state index is -2.01. The maximum Gasteiger partial charge on any atom is 0.123 e. The molecule has 17 heavy (non-hydrogen) atoms. The third-order valence-corrected chi connectivity index (χ3v) is 3.43. The Morgan fingerprint density at radius 3 is 2.29 bits per heavy atom. The monoisotopic (exact) mass is 257 g/mol. The van der Waals surface area contributed by atoms with Gasteiger partial charge in [0.1, 0.15) is 5.82 Å². The van der Waals surface area contributed by atoms with Gasteiger partial charge in [-0.15, -0.1) is 0 Å². The van der Waals surface area contributed by atoms with Crippen molar-refractivity contribution in [1.82, 2.24) is 4.90 Å². The van der Waals surface area contributed by atoms with E-state index in [4.69, 9.17) is 0 Å². The lowest BCUT2D eigenvalue weighted by Crippen LogP contribution is -2.47. The Morgan fingerprint density at radius 1 is 1.18 bits per heavy atom. The lowest BCUT2D eigenvalue weighted by atomic mass is 10.2. The van der Waals surface area contributed by atoms with Crippen LogP contribution in [-0.4, -0.2) is 45.7 Å². The van der Waals surface area contributed by atoms with E-state index in [1.807, 2.05) is 4.90 Å². The van der Waals surface area contributed by atoms with Crippen LogP contribution in [0.25, 0.3) is 0 Å². The summed E-state index contributed by atoms with van der Waals surface area (Å²) in [5.74, 6) is -0.147. The van der Waals surface area contributed by atoms with Gasteiger partial charge in [0.25, 0.3) is 0 Å². The SMILES string of the molecule is O=S([O-])CN1CCN(c2ccc(F)cc2)CC1. The Balaban J connectivity index is 1.90. The summed E-state index contributed by atoms with van der Waals surface area (Å²) in [6, 6.07) is 6.37. The fourth-order valence-corrected chi connectivity index (χ4v) is 2.49. The van der Waals surface area contributed by atoms with Crippen LogP contribution in [0.2, 0.25) is 0 Å². The highest BCUT2D eigenvalue weighted by molar-refractivity contribution is 7.79. The molecule has 0 aromatic heterocycles. The number of halogens is 1. The molecular weight excluding hydrogens is 243 g/mol. The Labute approximate surface area is 102 Å². The normalized spacial score (nSPS) is 19.3. The first-order valence-electron chi connectivity index (χ1n) is 5.44. The second-order valence-electron chi connectivity index (χ2n) is 4.01. The molecule has 0 saturated carbocycles. The van der Waals surface area contributed by atoms with Crippen LogP contribution in [0.4, 0.5) is 10.1 Å². The van der Waals surface area contributed by atoms with Gasteiger partial charge in [-0.1, -0.05) is 0 Å². The van der Waals surface area contributed by atoms with E-state index < -0.39 is 11.1 Å². The van der Waals surface area contributed by atoms with E-state index in [-0.39, 0.29) is 11.7 Å². The molecule has 0 bridgehead atoms. The zero-order valence-corrected chi connectivity index (χ0v) is 10.2. The minimum Gasteiger partial charge on any atom is -0.771 e. The van der Waals surface area contributed by atoms with Gasteiger partial charge >= 0.3 is 0 Å². The van der Waals surface area contributed by atoms with E-state index in [9.17, 15) is 13.2 Å². The van der Waals surface area contributed by atoms with Crippen LogP contribution in [0.1, 0.15) is 0 Å². The fourth-order valence-electron chi connectivity index (χ4n) is 1.94. The van der Waals surface area contributed by atoms with Gasteiger partial charge < -0.3 is 9.45 Å². The van der Waals surface area contributed by atoms with Crippen molar-refractivity contribution in [3.63, 3.8) is 0 Å². The smallest absolute Gasteiger partial charge is 0.123 e. The summed E-state index contributed by atoms with van der Waals surface area (Å²) in [5.41, 5.74) is 0.981. The summed E-state index contributed by atoms with van der Waals surface area (Å²) in [6.45, 7) is 2.96. The van der Waals surface area contributed by atoms with Gasteiger partial charge in [-0.25, -0.2) is 4.39 Å². The number of benzene rings is 1. The van der Waals surface area contributed by atoms with E-state index in [1.165, 1.54) is 12.1 Å². The number of nitrogens with zero attached hydrogens (tertiary/aromatic N) is 2. The Kier molecular flexibility index (Phi) is 4.09. The zero-order valence-electron chi connectivity index (χ0n) is 9.34. The summed E-state index contributed by atoms with van der Waals surface area (Å²) in [7, 11) is 0. The maximum atomic E-state index is 12.8. The average molecular weight is 257 g/mol. The Hall–Kier alpha value is -0.980. The molecular formula is C11H14FN2O2S-. The van der Waals surface area contributed by atoms with E-state index in [2.05, 4.69) is 4.90 Å². The molecule has 1 aliphatic heterocycles. The molecule has 0 amide bonds. The highest BCUT2D eigenvalue weighted by Crippen LogP contribution is 2.16. The van der Waals surface area contributed by atoms with Gasteiger partial charge in [0.15, 0.2) is 0 Å². The predicted octanol–water partition coefficient (Wildman–Crippen LogP) is 0.784. The van der Waals surface area contributed by atoms with Crippen molar-refractivity contribution in [3.8, 4) is 0 Å². The Bertz CT molecular complexity index is 391. The van der Waals surface area contributed by atoms with Crippen molar-refractivity contribution in [2.75, 3.05) is 37.0 Å².